The molecule has 0 aromatic heterocycles. The first kappa shape index (κ1) is 12.7. The van der Waals surface area contributed by atoms with E-state index in [0.29, 0.717) is 5.56 Å². The summed E-state index contributed by atoms with van der Waals surface area (Å²) in [6.45, 7) is 2.81. The first-order valence-electron chi connectivity index (χ1n) is 4.25. The van der Waals surface area contributed by atoms with Crippen LogP contribution in [0.2, 0.25) is 10.0 Å². The number of nitro benzene ring substituents is 1. The van der Waals surface area contributed by atoms with Gasteiger partial charge >= 0.3 is 5.69 Å². The number of halogens is 2. The molecule has 0 aliphatic rings. The van der Waals surface area contributed by atoms with Crippen molar-refractivity contribution in [1.82, 2.24) is 0 Å². The van der Waals surface area contributed by atoms with Crippen molar-refractivity contribution < 1.29 is 9.72 Å². The van der Waals surface area contributed by atoms with Crippen molar-refractivity contribution in [3.05, 3.63) is 31.8 Å². The van der Waals surface area contributed by atoms with Gasteiger partial charge in [-0.1, -0.05) is 23.2 Å². The number of hydrogen-bond acceptors (Lipinski definition) is 3. The maximum atomic E-state index is 10.9. The molecule has 0 aliphatic carbocycles. The lowest BCUT2D eigenvalue weighted by Gasteiger charge is -2.08. The number of rotatable bonds is 2. The van der Waals surface area contributed by atoms with Crippen molar-refractivity contribution in [3.63, 3.8) is 0 Å². The molecule has 0 heterocycles. The molecule has 0 bridgehead atoms. The van der Waals surface area contributed by atoms with Crippen molar-refractivity contribution in [3.8, 4) is 0 Å². The summed E-state index contributed by atoms with van der Waals surface area (Å²) in [6, 6.07) is 1.31. The Morgan fingerprint density at radius 1 is 1.50 bits per heavy atom. The van der Waals surface area contributed by atoms with Crippen molar-refractivity contribution in [1.29, 1.82) is 0 Å². The quantitative estimate of drug-likeness (QED) is 0.657. The largest absolute Gasteiger partial charge is 0.321 e. The Balaban J connectivity index is 3.46. The van der Waals surface area contributed by atoms with Crippen LogP contribution >= 0.6 is 23.2 Å². The fourth-order valence-corrected chi connectivity index (χ4v) is 1.69. The Morgan fingerprint density at radius 3 is 2.50 bits per heavy atom. The Bertz CT molecular complexity index is 474. The van der Waals surface area contributed by atoms with Gasteiger partial charge in [-0.15, -0.1) is 0 Å². The van der Waals surface area contributed by atoms with Gasteiger partial charge in [-0.3, -0.25) is 14.9 Å². The molecule has 0 unspecified atom stereocenters. The van der Waals surface area contributed by atoms with Crippen molar-refractivity contribution in [2.24, 2.45) is 0 Å². The molecule has 1 rings (SSSR count). The third-order valence-electron chi connectivity index (χ3n) is 1.91. The van der Waals surface area contributed by atoms with E-state index < -0.39 is 10.8 Å². The first-order valence-corrected chi connectivity index (χ1v) is 5.00. The summed E-state index contributed by atoms with van der Waals surface area (Å²) in [5.41, 5.74) is 0.0565. The molecule has 0 atom stereocenters. The lowest BCUT2D eigenvalue weighted by Crippen LogP contribution is -2.08. The predicted octanol–water partition coefficient (Wildman–Crippen LogP) is 3.17. The van der Waals surface area contributed by atoms with Crippen LogP contribution in [-0.4, -0.2) is 10.8 Å². The monoisotopic (exact) mass is 262 g/mol. The second-order valence-electron chi connectivity index (χ2n) is 3.13. The van der Waals surface area contributed by atoms with Gasteiger partial charge in [0, 0.05) is 11.9 Å². The fraction of sp³-hybridized carbons (Fsp3) is 0.222. The molecule has 0 spiro atoms. The minimum atomic E-state index is -0.656. The van der Waals surface area contributed by atoms with Gasteiger partial charge in [0.05, 0.1) is 4.92 Å². The van der Waals surface area contributed by atoms with Crippen molar-refractivity contribution >= 4 is 40.5 Å². The van der Waals surface area contributed by atoms with Gasteiger partial charge in [0.25, 0.3) is 0 Å². The predicted molar refractivity (Wildman–Crippen MR) is 62.2 cm³/mol. The Labute approximate surface area is 101 Å². The third-order valence-corrected chi connectivity index (χ3v) is 2.77. The summed E-state index contributed by atoms with van der Waals surface area (Å²) < 4.78 is 0. The smallest absolute Gasteiger partial charge is 0.311 e. The number of amides is 1. The molecule has 1 aromatic carbocycles. The van der Waals surface area contributed by atoms with E-state index in [1.54, 1.807) is 6.92 Å². The molecule has 0 radical (unpaired) electrons. The normalized spacial score (nSPS) is 10.0. The summed E-state index contributed by atoms with van der Waals surface area (Å²) in [5, 5.41) is 13.3. The number of carbonyl (C=O) groups is 1. The number of anilines is 1. The first-order chi connectivity index (χ1) is 7.34. The Morgan fingerprint density at radius 2 is 2.06 bits per heavy atom. The van der Waals surface area contributed by atoms with Crippen LogP contribution in [0.25, 0.3) is 0 Å². The van der Waals surface area contributed by atoms with Gasteiger partial charge in [0.2, 0.25) is 5.91 Å². The highest BCUT2D eigenvalue weighted by Gasteiger charge is 2.23. The minimum absolute atomic E-state index is 0.00176. The minimum Gasteiger partial charge on any atom is -0.321 e. The maximum Gasteiger partial charge on any atom is 0.311 e. The maximum absolute atomic E-state index is 10.9. The Hall–Kier alpha value is -1.33. The molecular weight excluding hydrogens is 255 g/mol. The number of nitrogens with zero attached hydrogens (tertiary/aromatic N) is 1. The highest BCUT2D eigenvalue weighted by molar-refractivity contribution is 6.38. The van der Waals surface area contributed by atoms with Crippen LogP contribution in [-0.2, 0) is 4.79 Å². The van der Waals surface area contributed by atoms with E-state index >= 15 is 0 Å². The highest BCUT2D eigenvalue weighted by Crippen LogP contribution is 2.39. The number of benzene rings is 1. The van der Waals surface area contributed by atoms with Crippen LogP contribution in [0.1, 0.15) is 12.5 Å². The molecule has 1 amide bonds. The molecular formula is C9H8Cl2N2O3. The molecule has 7 heteroatoms. The number of carbonyl (C=O) groups excluding carboxylic acids is 1. The van der Waals surface area contributed by atoms with E-state index in [1.807, 2.05) is 0 Å². The summed E-state index contributed by atoms with van der Waals surface area (Å²) in [4.78, 5) is 21.0. The summed E-state index contributed by atoms with van der Waals surface area (Å²) >= 11 is 11.6. The van der Waals surface area contributed by atoms with Crippen molar-refractivity contribution in [2.45, 2.75) is 13.8 Å². The van der Waals surface area contributed by atoms with Crippen LogP contribution in [0.15, 0.2) is 6.07 Å². The van der Waals surface area contributed by atoms with E-state index in [-0.39, 0.29) is 21.4 Å². The van der Waals surface area contributed by atoms with Gasteiger partial charge in [0.15, 0.2) is 0 Å². The third kappa shape index (κ3) is 2.43. The molecule has 16 heavy (non-hydrogen) atoms. The van der Waals surface area contributed by atoms with Crippen LogP contribution in [0.3, 0.4) is 0 Å². The van der Waals surface area contributed by atoms with Crippen LogP contribution in [0, 0.1) is 17.0 Å². The molecule has 0 saturated carbocycles. The van der Waals surface area contributed by atoms with Gasteiger partial charge < -0.3 is 5.32 Å². The van der Waals surface area contributed by atoms with Crippen LogP contribution < -0.4 is 5.32 Å². The second kappa shape index (κ2) is 4.67. The van der Waals surface area contributed by atoms with Crippen LogP contribution in [0.5, 0.6) is 0 Å². The van der Waals surface area contributed by atoms with Gasteiger partial charge in [0.1, 0.15) is 10.7 Å². The summed E-state index contributed by atoms with van der Waals surface area (Å²) in [7, 11) is 0. The average Bonchev–Trinajstić information content (AvgIpc) is 2.12. The topological polar surface area (TPSA) is 72.2 Å². The number of nitro groups is 1. The summed E-state index contributed by atoms with van der Waals surface area (Å²) in [6.07, 6.45) is 0. The molecule has 1 N–H and O–H groups in total. The summed E-state index contributed by atoms with van der Waals surface area (Å²) in [5.74, 6) is -0.431. The van der Waals surface area contributed by atoms with Crippen molar-refractivity contribution in [2.75, 3.05) is 5.32 Å². The van der Waals surface area contributed by atoms with Crippen LogP contribution in [0.4, 0.5) is 11.4 Å². The standard InChI is InChI=1S/C9H8Cl2N2O3/c1-4-6(10)3-7(12-5(2)14)9(8(4)11)13(15)16/h3H,1-2H3,(H,12,14). The molecule has 0 saturated heterocycles. The van der Waals surface area contributed by atoms with E-state index in [1.165, 1.54) is 13.0 Å². The zero-order chi connectivity index (χ0) is 12.5. The Kier molecular flexibility index (Phi) is 3.72. The van der Waals surface area contributed by atoms with Gasteiger partial charge in [-0.2, -0.15) is 0 Å². The molecule has 86 valence electrons. The van der Waals surface area contributed by atoms with E-state index in [4.69, 9.17) is 23.2 Å². The molecule has 1 aromatic rings. The number of hydrogen-bond donors (Lipinski definition) is 1. The van der Waals surface area contributed by atoms with Gasteiger partial charge in [-0.25, -0.2) is 0 Å². The van der Waals surface area contributed by atoms with E-state index in [2.05, 4.69) is 5.32 Å². The van der Waals surface area contributed by atoms with Gasteiger partial charge in [-0.05, 0) is 18.6 Å². The SMILES string of the molecule is CC(=O)Nc1cc(Cl)c(C)c(Cl)c1[N+](=O)[O-]. The lowest BCUT2D eigenvalue weighted by molar-refractivity contribution is -0.383. The molecule has 5 nitrogen and oxygen atoms in total. The zero-order valence-electron chi connectivity index (χ0n) is 8.51. The van der Waals surface area contributed by atoms with E-state index in [0.717, 1.165) is 0 Å². The molecule has 0 fully saturated rings. The molecule has 0 aliphatic heterocycles. The second-order valence-corrected chi connectivity index (χ2v) is 3.92. The fourth-order valence-electron chi connectivity index (χ4n) is 1.17. The lowest BCUT2D eigenvalue weighted by atomic mass is 10.2. The highest BCUT2D eigenvalue weighted by atomic mass is 35.5. The number of nitrogens with one attached hydrogen (secondary N) is 1. The average molecular weight is 263 g/mol. The van der Waals surface area contributed by atoms with E-state index in [9.17, 15) is 14.9 Å². The zero-order valence-corrected chi connectivity index (χ0v) is 10.0.